The number of hydrogen-bond donors (Lipinski definition) is 0. The Morgan fingerprint density at radius 1 is 1.06 bits per heavy atom. The van der Waals surface area contributed by atoms with Crippen molar-refractivity contribution in [3.8, 4) is 0 Å². The first kappa shape index (κ1) is 13.1. The zero-order valence-electron chi connectivity index (χ0n) is 9.29. The van der Waals surface area contributed by atoms with Gasteiger partial charge in [-0.15, -0.1) is 0 Å². The number of Topliss-reactive ketones (excluding diaryl/α,β-unsaturated/α-hetero) is 1. The molecule has 0 bridgehead atoms. The van der Waals surface area contributed by atoms with Gasteiger partial charge in [-0.25, -0.2) is 4.39 Å². The quantitative estimate of drug-likeness (QED) is 0.596. The fourth-order valence-electron chi connectivity index (χ4n) is 1.61. The molecular weight excluding hydrogens is 274 g/mol. The average Bonchev–Trinajstić information content (AvgIpc) is 2.35. The van der Waals surface area contributed by atoms with Gasteiger partial charge in [-0.2, -0.15) is 0 Å². The molecule has 0 aliphatic carbocycles. The molecule has 0 aromatic heterocycles. The van der Waals surface area contributed by atoms with Crippen LogP contribution in [0.5, 0.6) is 0 Å². The molecule has 1 nitrogen and oxygen atoms in total. The van der Waals surface area contributed by atoms with Gasteiger partial charge in [0.25, 0.3) is 0 Å². The van der Waals surface area contributed by atoms with Crippen LogP contribution in [-0.2, 0) is 6.42 Å². The van der Waals surface area contributed by atoms with E-state index >= 15 is 0 Å². The van der Waals surface area contributed by atoms with E-state index in [4.69, 9.17) is 23.2 Å². The van der Waals surface area contributed by atoms with Crippen molar-refractivity contribution >= 4 is 29.0 Å². The van der Waals surface area contributed by atoms with Gasteiger partial charge in [0.05, 0.1) is 15.6 Å². The lowest BCUT2D eigenvalue weighted by molar-refractivity contribution is 0.0989. The Hall–Kier alpha value is -1.38. The Bertz CT molecular complexity index is 582. The van der Waals surface area contributed by atoms with Crippen molar-refractivity contribution in [1.29, 1.82) is 0 Å². The molecule has 0 atom stereocenters. The Morgan fingerprint density at radius 2 is 1.67 bits per heavy atom. The Balaban J connectivity index is 2.27. The third-order valence-corrected chi connectivity index (χ3v) is 3.24. The number of halogens is 3. The van der Waals surface area contributed by atoms with E-state index in [1.165, 1.54) is 6.07 Å². The number of hydrogen-bond acceptors (Lipinski definition) is 1. The van der Waals surface area contributed by atoms with Crippen LogP contribution in [-0.4, -0.2) is 5.78 Å². The van der Waals surface area contributed by atoms with Crippen LogP contribution >= 0.6 is 23.2 Å². The summed E-state index contributed by atoms with van der Waals surface area (Å²) >= 11 is 11.4. The molecule has 18 heavy (non-hydrogen) atoms. The maximum atomic E-state index is 13.6. The van der Waals surface area contributed by atoms with Crippen molar-refractivity contribution in [2.45, 2.75) is 6.42 Å². The molecule has 0 spiro atoms. The van der Waals surface area contributed by atoms with E-state index in [-0.39, 0.29) is 27.8 Å². The fraction of sp³-hybridized carbons (Fsp3) is 0.0714. The van der Waals surface area contributed by atoms with E-state index in [1.807, 2.05) is 30.3 Å². The van der Waals surface area contributed by atoms with Crippen molar-refractivity contribution < 1.29 is 9.18 Å². The van der Waals surface area contributed by atoms with Gasteiger partial charge in [0.2, 0.25) is 0 Å². The van der Waals surface area contributed by atoms with Crippen molar-refractivity contribution in [3.05, 3.63) is 69.5 Å². The Kier molecular flexibility index (Phi) is 4.00. The smallest absolute Gasteiger partial charge is 0.170 e. The Morgan fingerprint density at radius 3 is 2.33 bits per heavy atom. The Labute approximate surface area is 114 Å². The highest BCUT2D eigenvalue weighted by atomic mass is 35.5. The van der Waals surface area contributed by atoms with Gasteiger partial charge in [-0.05, 0) is 17.7 Å². The molecule has 0 aliphatic heterocycles. The summed E-state index contributed by atoms with van der Waals surface area (Å²) in [4.78, 5) is 12.0. The molecule has 2 rings (SSSR count). The maximum absolute atomic E-state index is 13.6. The van der Waals surface area contributed by atoms with E-state index < -0.39 is 5.82 Å². The molecule has 92 valence electrons. The minimum Gasteiger partial charge on any atom is -0.294 e. The zero-order valence-corrected chi connectivity index (χ0v) is 10.8. The van der Waals surface area contributed by atoms with Gasteiger partial charge in [0.1, 0.15) is 5.82 Å². The molecule has 0 radical (unpaired) electrons. The average molecular weight is 283 g/mol. The number of rotatable bonds is 3. The van der Waals surface area contributed by atoms with Gasteiger partial charge in [0.15, 0.2) is 5.78 Å². The molecule has 0 aliphatic rings. The monoisotopic (exact) mass is 282 g/mol. The highest BCUT2D eigenvalue weighted by Crippen LogP contribution is 2.25. The van der Waals surface area contributed by atoms with Gasteiger partial charge < -0.3 is 0 Å². The number of benzene rings is 2. The van der Waals surface area contributed by atoms with E-state index in [0.717, 1.165) is 11.6 Å². The standard InChI is InChI=1S/C14H9Cl2FO/c15-11-7-10(13(17)8-12(11)16)14(18)6-9-4-2-1-3-5-9/h1-5,7-8H,6H2. The minimum absolute atomic E-state index is 0.0340. The van der Waals surface area contributed by atoms with E-state index in [1.54, 1.807) is 0 Å². The first-order valence-corrected chi connectivity index (χ1v) is 6.05. The highest BCUT2D eigenvalue weighted by molar-refractivity contribution is 6.42. The molecular formula is C14H9Cl2FO. The van der Waals surface area contributed by atoms with E-state index in [2.05, 4.69) is 0 Å². The highest BCUT2D eigenvalue weighted by Gasteiger charge is 2.14. The topological polar surface area (TPSA) is 17.1 Å². The molecule has 0 unspecified atom stereocenters. The van der Waals surface area contributed by atoms with Crippen molar-refractivity contribution in [2.75, 3.05) is 0 Å². The van der Waals surface area contributed by atoms with Gasteiger partial charge in [0, 0.05) is 6.42 Å². The lowest BCUT2D eigenvalue weighted by atomic mass is 10.0. The normalized spacial score (nSPS) is 10.4. The molecule has 0 heterocycles. The van der Waals surface area contributed by atoms with Crippen LogP contribution in [0.4, 0.5) is 4.39 Å². The van der Waals surface area contributed by atoms with Crippen LogP contribution in [0.2, 0.25) is 10.0 Å². The van der Waals surface area contributed by atoms with E-state index in [9.17, 15) is 9.18 Å². The van der Waals surface area contributed by atoms with Crippen molar-refractivity contribution in [2.24, 2.45) is 0 Å². The second kappa shape index (κ2) is 5.51. The predicted octanol–water partition coefficient (Wildman–Crippen LogP) is 4.56. The van der Waals surface area contributed by atoms with Crippen LogP contribution in [0.1, 0.15) is 15.9 Å². The second-order valence-electron chi connectivity index (χ2n) is 3.83. The van der Waals surface area contributed by atoms with Crippen LogP contribution in [0, 0.1) is 5.82 Å². The summed E-state index contributed by atoms with van der Waals surface area (Å²) in [7, 11) is 0. The van der Waals surface area contributed by atoms with Crippen molar-refractivity contribution in [3.63, 3.8) is 0 Å². The van der Waals surface area contributed by atoms with Gasteiger partial charge in [-0.1, -0.05) is 53.5 Å². The SMILES string of the molecule is O=C(Cc1ccccc1)c1cc(Cl)c(Cl)cc1F. The molecule has 0 N–H and O–H groups in total. The second-order valence-corrected chi connectivity index (χ2v) is 4.65. The lowest BCUT2D eigenvalue weighted by Gasteiger charge is -2.05. The van der Waals surface area contributed by atoms with Gasteiger partial charge >= 0.3 is 0 Å². The summed E-state index contributed by atoms with van der Waals surface area (Å²) in [6, 6.07) is 11.5. The molecule has 2 aromatic rings. The molecule has 0 saturated carbocycles. The van der Waals surface area contributed by atoms with Crippen LogP contribution in [0.3, 0.4) is 0 Å². The lowest BCUT2D eigenvalue weighted by Crippen LogP contribution is -2.06. The van der Waals surface area contributed by atoms with Crippen LogP contribution in [0.15, 0.2) is 42.5 Å². The van der Waals surface area contributed by atoms with E-state index in [0.29, 0.717) is 0 Å². The minimum atomic E-state index is -0.648. The summed E-state index contributed by atoms with van der Waals surface area (Å²) in [6.45, 7) is 0. The predicted molar refractivity (Wildman–Crippen MR) is 70.9 cm³/mol. The summed E-state index contributed by atoms with van der Waals surface area (Å²) < 4.78 is 13.6. The third-order valence-electron chi connectivity index (χ3n) is 2.52. The first-order chi connectivity index (χ1) is 8.58. The maximum Gasteiger partial charge on any atom is 0.170 e. The summed E-state index contributed by atoms with van der Waals surface area (Å²) in [5.41, 5.74) is 0.793. The summed E-state index contributed by atoms with van der Waals surface area (Å²) in [6.07, 6.45) is 0.135. The van der Waals surface area contributed by atoms with Crippen LogP contribution in [0.25, 0.3) is 0 Å². The zero-order chi connectivity index (χ0) is 13.1. The molecule has 2 aromatic carbocycles. The molecule has 4 heteroatoms. The molecule has 0 fully saturated rings. The number of carbonyl (C=O) groups is 1. The van der Waals surface area contributed by atoms with Gasteiger partial charge in [-0.3, -0.25) is 4.79 Å². The fourth-order valence-corrected chi connectivity index (χ4v) is 1.93. The van der Waals surface area contributed by atoms with Crippen molar-refractivity contribution in [1.82, 2.24) is 0 Å². The molecule has 0 amide bonds. The molecule has 0 saturated heterocycles. The largest absolute Gasteiger partial charge is 0.294 e. The third kappa shape index (κ3) is 2.89. The number of carbonyl (C=O) groups excluding carboxylic acids is 1. The van der Waals surface area contributed by atoms with Crippen LogP contribution < -0.4 is 0 Å². The summed E-state index contributed by atoms with van der Waals surface area (Å²) in [5.74, 6) is -0.970. The number of ketones is 1. The summed E-state index contributed by atoms with van der Waals surface area (Å²) in [5, 5.41) is 0.278. The first-order valence-electron chi connectivity index (χ1n) is 5.29.